The van der Waals surface area contributed by atoms with Crippen molar-refractivity contribution in [1.29, 1.82) is 0 Å². The number of anilines is 1. The fourth-order valence-corrected chi connectivity index (χ4v) is 3.72. The highest BCUT2D eigenvalue weighted by atomic mass is 32.1. The molecule has 4 heterocycles. The molecule has 1 aliphatic heterocycles. The zero-order valence-electron chi connectivity index (χ0n) is 13.4. The monoisotopic (exact) mass is 355 g/mol. The van der Waals surface area contributed by atoms with E-state index in [-0.39, 0.29) is 5.91 Å². The number of amides is 1. The Bertz CT molecular complexity index is 841. The Morgan fingerprint density at radius 1 is 1.20 bits per heavy atom. The molecule has 4 rings (SSSR count). The Hall–Kier alpha value is -2.65. The number of piperidine rings is 1. The lowest BCUT2D eigenvalue weighted by atomic mass is 9.87. The second-order valence-electron chi connectivity index (χ2n) is 5.81. The van der Waals surface area contributed by atoms with Crippen LogP contribution >= 0.6 is 11.3 Å². The van der Waals surface area contributed by atoms with Gasteiger partial charge in [0.15, 0.2) is 5.01 Å². The second kappa shape index (κ2) is 6.69. The lowest BCUT2D eigenvalue weighted by Gasteiger charge is -2.36. The number of hydrogen-bond acceptors (Lipinski definition) is 7. The van der Waals surface area contributed by atoms with Crippen LogP contribution in [0.25, 0.3) is 10.7 Å². The summed E-state index contributed by atoms with van der Waals surface area (Å²) in [6.45, 7) is 1.53. The zero-order valence-corrected chi connectivity index (χ0v) is 14.2. The predicted octanol–water partition coefficient (Wildman–Crippen LogP) is 1.51. The summed E-state index contributed by atoms with van der Waals surface area (Å²) in [4.78, 5) is 17.3. The van der Waals surface area contributed by atoms with Crippen LogP contribution in [0.5, 0.6) is 0 Å². The number of nitrogens with zero attached hydrogens (tertiary/aromatic N) is 5. The van der Waals surface area contributed by atoms with E-state index < -0.39 is 5.54 Å². The minimum absolute atomic E-state index is 0.110. The molecule has 0 spiro atoms. The standard InChI is InChI=1S/C16H17N7OS/c24-14(16(5-9-17-10-6-16)23-11-3-8-19-23)20-15-22-21-13(25-15)12-4-1-2-7-18-12/h1-4,7-8,11,17H,5-6,9-10H2,(H,20,22,24). The van der Waals surface area contributed by atoms with Gasteiger partial charge in [-0.3, -0.25) is 19.8 Å². The van der Waals surface area contributed by atoms with E-state index in [2.05, 4.69) is 30.9 Å². The molecule has 128 valence electrons. The van der Waals surface area contributed by atoms with E-state index in [1.807, 2.05) is 30.5 Å². The molecule has 1 amide bonds. The number of carbonyl (C=O) groups excluding carboxylic acids is 1. The van der Waals surface area contributed by atoms with Gasteiger partial charge < -0.3 is 5.32 Å². The maximum absolute atomic E-state index is 13.1. The molecule has 8 nitrogen and oxygen atoms in total. The van der Waals surface area contributed by atoms with Crippen LogP contribution in [0, 0.1) is 0 Å². The van der Waals surface area contributed by atoms with E-state index in [0.717, 1.165) is 18.8 Å². The first-order valence-electron chi connectivity index (χ1n) is 8.05. The molecule has 25 heavy (non-hydrogen) atoms. The van der Waals surface area contributed by atoms with Crippen LogP contribution in [0.1, 0.15) is 12.8 Å². The van der Waals surface area contributed by atoms with Gasteiger partial charge in [0.1, 0.15) is 11.2 Å². The molecule has 3 aromatic rings. The second-order valence-corrected chi connectivity index (χ2v) is 6.79. The van der Waals surface area contributed by atoms with E-state index in [9.17, 15) is 4.79 Å². The first-order valence-corrected chi connectivity index (χ1v) is 8.87. The van der Waals surface area contributed by atoms with Crippen LogP contribution in [-0.4, -0.2) is 44.0 Å². The topological polar surface area (TPSA) is 97.6 Å². The molecule has 0 aromatic carbocycles. The van der Waals surface area contributed by atoms with E-state index in [1.54, 1.807) is 17.1 Å². The van der Waals surface area contributed by atoms with Crippen molar-refractivity contribution < 1.29 is 4.79 Å². The Kier molecular flexibility index (Phi) is 4.24. The third-order valence-corrected chi connectivity index (χ3v) is 5.19. The highest BCUT2D eigenvalue weighted by molar-refractivity contribution is 7.18. The average molecular weight is 355 g/mol. The molecule has 1 fully saturated rings. The number of nitrogens with one attached hydrogen (secondary N) is 2. The van der Waals surface area contributed by atoms with Crippen molar-refractivity contribution in [3.05, 3.63) is 42.9 Å². The van der Waals surface area contributed by atoms with Gasteiger partial charge in [-0.25, -0.2) is 0 Å². The Morgan fingerprint density at radius 2 is 2.08 bits per heavy atom. The molecule has 0 bridgehead atoms. The number of hydrogen-bond donors (Lipinski definition) is 2. The van der Waals surface area contributed by atoms with Gasteiger partial charge in [-0.15, -0.1) is 10.2 Å². The quantitative estimate of drug-likeness (QED) is 0.736. The number of rotatable bonds is 4. The minimum Gasteiger partial charge on any atom is -0.317 e. The third kappa shape index (κ3) is 3.03. The van der Waals surface area contributed by atoms with Gasteiger partial charge in [-0.05, 0) is 44.1 Å². The van der Waals surface area contributed by atoms with Gasteiger partial charge in [-0.1, -0.05) is 17.4 Å². The molecule has 0 aliphatic carbocycles. The van der Waals surface area contributed by atoms with Crippen molar-refractivity contribution in [2.24, 2.45) is 0 Å². The minimum atomic E-state index is -0.703. The smallest absolute Gasteiger partial charge is 0.254 e. The van der Waals surface area contributed by atoms with Crippen LogP contribution < -0.4 is 10.6 Å². The van der Waals surface area contributed by atoms with Crippen LogP contribution in [0.2, 0.25) is 0 Å². The Labute approximate surface area is 148 Å². The molecule has 0 unspecified atom stereocenters. The molecule has 0 saturated carbocycles. The van der Waals surface area contributed by atoms with E-state index >= 15 is 0 Å². The van der Waals surface area contributed by atoms with Gasteiger partial charge in [-0.2, -0.15) is 5.10 Å². The molecular formula is C16H17N7OS. The SMILES string of the molecule is O=C(Nc1nnc(-c2ccccn2)s1)C1(n2cccn2)CCNCC1. The first-order chi connectivity index (χ1) is 12.3. The largest absolute Gasteiger partial charge is 0.317 e. The molecule has 0 radical (unpaired) electrons. The predicted molar refractivity (Wildman–Crippen MR) is 94.1 cm³/mol. The number of carbonyl (C=O) groups is 1. The van der Waals surface area contributed by atoms with Gasteiger partial charge >= 0.3 is 0 Å². The summed E-state index contributed by atoms with van der Waals surface area (Å²) in [5.41, 5.74) is 0.0372. The summed E-state index contributed by atoms with van der Waals surface area (Å²) in [5, 5.41) is 19.9. The number of aromatic nitrogens is 5. The molecule has 1 saturated heterocycles. The normalized spacial score (nSPS) is 16.5. The molecule has 0 atom stereocenters. The third-order valence-electron chi connectivity index (χ3n) is 4.33. The summed E-state index contributed by atoms with van der Waals surface area (Å²) in [5.74, 6) is -0.110. The van der Waals surface area contributed by atoms with Gasteiger partial charge in [0, 0.05) is 18.6 Å². The first kappa shape index (κ1) is 15.9. The van der Waals surface area contributed by atoms with Crippen molar-refractivity contribution in [2.75, 3.05) is 18.4 Å². The maximum atomic E-state index is 13.1. The fraction of sp³-hybridized carbons (Fsp3) is 0.312. The van der Waals surface area contributed by atoms with Crippen molar-refractivity contribution in [3.8, 4) is 10.7 Å². The summed E-state index contributed by atoms with van der Waals surface area (Å²) < 4.78 is 1.75. The Balaban J connectivity index is 1.57. The van der Waals surface area contributed by atoms with Crippen LogP contribution in [0.3, 0.4) is 0 Å². The van der Waals surface area contributed by atoms with Crippen molar-refractivity contribution >= 4 is 22.4 Å². The van der Waals surface area contributed by atoms with Gasteiger partial charge in [0.2, 0.25) is 5.13 Å². The summed E-state index contributed by atoms with van der Waals surface area (Å²) in [7, 11) is 0. The lowest BCUT2D eigenvalue weighted by molar-refractivity contribution is -0.126. The van der Waals surface area contributed by atoms with E-state index in [4.69, 9.17) is 0 Å². The van der Waals surface area contributed by atoms with Crippen LogP contribution in [0.15, 0.2) is 42.9 Å². The highest BCUT2D eigenvalue weighted by Crippen LogP contribution is 2.30. The lowest BCUT2D eigenvalue weighted by Crippen LogP contribution is -2.52. The molecule has 2 N–H and O–H groups in total. The molecule has 3 aromatic heterocycles. The molecule has 1 aliphatic rings. The zero-order chi connectivity index (χ0) is 17.1. The fourth-order valence-electron chi connectivity index (χ4n) is 3.00. The average Bonchev–Trinajstić information content (AvgIpc) is 3.35. The highest BCUT2D eigenvalue weighted by Gasteiger charge is 2.42. The summed E-state index contributed by atoms with van der Waals surface area (Å²) in [6, 6.07) is 7.44. The Morgan fingerprint density at radius 3 is 2.80 bits per heavy atom. The van der Waals surface area contributed by atoms with Crippen LogP contribution in [0.4, 0.5) is 5.13 Å². The van der Waals surface area contributed by atoms with E-state index in [0.29, 0.717) is 23.0 Å². The van der Waals surface area contributed by atoms with E-state index in [1.165, 1.54) is 11.3 Å². The van der Waals surface area contributed by atoms with Gasteiger partial charge in [0.05, 0.1) is 0 Å². The summed E-state index contributed by atoms with van der Waals surface area (Å²) in [6.07, 6.45) is 6.58. The van der Waals surface area contributed by atoms with Crippen molar-refractivity contribution in [2.45, 2.75) is 18.4 Å². The van der Waals surface area contributed by atoms with Crippen molar-refractivity contribution in [3.63, 3.8) is 0 Å². The summed E-state index contributed by atoms with van der Waals surface area (Å²) >= 11 is 1.31. The number of pyridine rings is 1. The van der Waals surface area contributed by atoms with Gasteiger partial charge in [0.25, 0.3) is 5.91 Å². The molecular weight excluding hydrogens is 338 g/mol. The maximum Gasteiger partial charge on any atom is 0.254 e. The molecule has 9 heteroatoms. The van der Waals surface area contributed by atoms with Crippen molar-refractivity contribution in [1.82, 2.24) is 30.3 Å². The van der Waals surface area contributed by atoms with Crippen LogP contribution in [-0.2, 0) is 10.3 Å².